The van der Waals surface area contributed by atoms with Gasteiger partial charge in [-0.3, -0.25) is 9.36 Å². The Labute approximate surface area is 180 Å². The van der Waals surface area contributed by atoms with Crippen molar-refractivity contribution in [1.29, 1.82) is 0 Å². The summed E-state index contributed by atoms with van der Waals surface area (Å²) in [6.45, 7) is 2.88. The zero-order valence-corrected chi connectivity index (χ0v) is 18.3. The van der Waals surface area contributed by atoms with Crippen molar-refractivity contribution in [3.8, 4) is 0 Å². The second-order valence-corrected chi connectivity index (χ2v) is 9.90. The summed E-state index contributed by atoms with van der Waals surface area (Å²) < 4.78 is 34.1. The Hall–Kier alpha value is -2.91. The Balaban J connectivity index is 1.47. The number of hydrogen-bond acceptors (Lipinski definition) is 5. The SMILES string of the molecule is Cc1ccc(CNC(=O)[C@H]2CCCN(S(=O)(=O)c3ccc4c(c3)oc(=O)n4C)C2)cc1. The summed E-state index contributed by atoms with van der Waals surface area (Å²) in [7, 11) is -2.25. The zero-order valence-electron chi connectivity index (χ0n) is 17.5. The van der Waals surface area contributed by atoms with Crippen LogP contribution >= 0.6 is 0 Å². The summed E-state index contributed by atoms with van der Waals surface area (Å²) in [6.07, 6.45) is 1.24. The van der Waals surface area contributed by atoms with Crippen molar-refractivity contribution in [2.45, 2.75) is 31.2 Å². The van der Waals surface area contributed by atoms with Gasteiger partial charge in [-0.05, 0) is 37.5 Å². The molecule has 31 heavy (non-hydrogen) atoms. The number of rotatable bonds is 5. The first kappa shape index (κ1) is 21.3. The van der Waals surface area contributed by atoms with Crippen LogP contribution in [0.3, 0.4) is 0 Å². The number of aryl methyl sites for hydroxylation is 2. The zero-order chi connectivity index (χ0) is 22.2. The van der Waals surface area contributed by atoms with Gasteiger partial charge in [-0.2, -0.15) is 4.31 Å². The predicted octanol–water partition coefficient (Wildman–Crippen LogP) is 2.16. The van der Waals surface area contributed by atoms with Crippen LogP contribution in [-0.4, -0.2) is 36.3 Å². The van der Waals surface area contributed by atoms with E-state index in [0.717, 1.165) is 11.1 Å². The molecule has 0 bridgehead atoms. The van der Waals surface area contributed by atoms with Crippen LogP contribution < -0.4 is 11.1 Å². The van der Waals surface area contributed by atoms with E-state index in [1.54, 1.807) is 13.1 Å². The van der Waals surface area contributed by atoms with Gasteiger partial charge in [-0.1, -0.05) is 29.8 Å². The lowest BCUT2D eigenvalue weighted by Crippen LogP contribution is -2.45. The molecule has 164 valence electrons. The number of aromatic nitrogens is 1. The maximum Gasteiger partial charge on any atom is 0.419 e. The molecule has 1 atom stereocenters. The normalized spacial score (nSPS) is 17.7. The molecule has 3 aromatic rings. The maximum atomic E-state index is 13.2. The van der Waals surface area contributed by atoms with E-state index in [4.69, 9.17) is 4.42 Å². The van der Waals surface area contributed by atoms with Gasteiger partial charge < -0.3 is 9.73 Å². The van der Waals surface area contributed by atoms with Gasteiger partial charge in [0.15, 0.2) is 5.58 Å². The minimum atomic E-state index is -3.81. The van der Waals surface area contributed by atoms with E-state index >= 15 is 0 Å². The van der Waals surface area contributed by atoms with Crippen LogP contribution in [0.4, 0.5) is 0 Å². The van der Waals surface area contributed by atoms with E-state index in [0.29, 0.717) is 31.4 Å². The van der Waals surface area contributed by atoms with Crippen LogP contribution in [-0.2, 0) is 28.4 Å². The number of carbonyl (C=O) groups excluding carboxylic acids is 1. The van der Waals surface area contributed by atoms with Gasteiger partial charge in [0.05, 0.1) is 16.3 Å². The van der Waals surface area contributed by atoms with E-state index in [9.17, 15) is 18.0 Å². The highest BCUT2D eigenvalue weighted by atomic mass is 32.2. The van der Waals surface area contributed by atoms with Gasteiger partial charge in [0, 0.05) is 32.7 Å². The molecule has 1 saturated heterocycles. The number of amides is 1. The molecular weight excluding hydrogens is 418 g/mol. The van der Waals surface area contributed by atoms with Crippen molar-refractivity contribution >= 4 is 27.0 Å². The fourth-order valence-electron chi connectivity index (χ4n) is 3.84. The number of piperidine rings is 1. The summed E-state index contributed by atoms with van der Waals surface area (Å²) in [4.78, 5) is 24.4. The second-order valence-electron chi connectivity index (χ2n) is 7.96. The molecule has 2 heterocycles. The minimum Gasteiger partial charge on any atom is -0.408 e. The van der Waals surface area contributed by atoms with Crippen molar-refractivity contribution in [3.63, 3.8) is 0 Å². The highest BCUT2D eigenvalue weighted by Gasteiger charge is 2.33. The summed E-state index contributed by atoms with van der Waals surface area (Å²) in [6, 6.07) is 12.3. The van der Waals surface area contributed by atoms with Crippen LogP contribution in [0.5, 0.6) is 0 Å². The molecule has 1 aromatic heterocycles. The van der Waals surface area contributed by atoms with E-state index in [2.05, 4.69) is 5.32 Å². The van der Waals surface area contributed by atoms with Crippen LogP contribution in [0, 0.1) is 12.8 Å². The van der Waals surface area contributed by atoms with Crippen molar-refractivity contribution < 1.29 is 17.6 Å². The quantitative estimate of drug-likeness (QED) is 0.651. The number of carbonyl (C=O) groups is 1. The Kier molecular flexibility index (Phi) is 5.72. The lowest BCUT2D eigenvalue weighted by atomic mass is 9.98. The fraction of sp³-hybridized carbons (Fsp3) is 0.364. The average molecular weight is 444 g/mol. The standard InChI is InChI=1S/C22H25N3O5S/c1-15-5-7-16(8-6-15)13-23-21(26)17-4-3-11-25(14-17)31(28,29)18-9-10-19-20(12-18)30-22(27)24(19)2/h5-10,12,17H,3-4,11,13-14H2,1-2H3,(H,23,26)/t17-/m0/s1. The molecule has 4 rings (SSSR count). The molecule has 1 aliphatic rings. The molecule has 9 heteroatoms. The van der Waals surface area contributed by atoms with Gasteiger partial charge in [-0.15, -0.1) is 0 Å². The van der Waals surface area contributed by atoms with Gasteiger partial charge in [0.1, 0.15) is 0 Å². The Morgan fingerprint density at radius 3 is 2.68 bits per heavy atom. The molecule has 0 radical (unpaired) electrons. The minimum absolute atomic E-state index is 0.0510. The highest BCUT2D eigenvalue weighted by Crippen LogP contribution is 2.26. The monoisotopic (exact) mass is 443 g/mol. The van der Waals surface area contributed by atoms with Crippen LogP contribution in [0.1, 0.15) is 24.0 Å². The molecule has 1 aliphatic heterocycles. The molecule has 8 nitrogen and oxygen atoms in total. The number of sulfonamides is 1. The number of fused-ring (bicyclic) bond motifs is 1. The molecule has 0 saturated carbocycles. The third-order valence-corrected chi connectivity index (χ3v) is 7.60. The van der Waals surface area contributed by atoms with Crippen LogP contribution in [0.15, 0.2) is 56.6 Å². The molecule has 1 fully saturated rings. The van der Waals surface area contributed by atoms with Crippen LogP contribution in [0.2, 0.25) is 0 Å². The number of oxazole rings is 1. The molecule has 1 N–H and O–H groups in total. The molecule has 0 spiro atoms. The number of nitrogens with one attached hydrogen (secondary N) is 1. The van der Waals surface area contributed by atoms with Crippen molar-refractivity contribution in [1.82, 2.24) is 14.2 Å². The Bertz CT molecular complexity index is 1270. The number of nitrogens with zero attached hydrogens (tertiary/aromatic N) is 2. The highest BCUT2D eigenvalue weighted by molar-refractivity contribution is 7.89. The first-order chi connectivity index (χ1) is 14.8. The third-order valence-electron chi connectivity index (χ3n) is 5.74. The lowest BCUT2D eigenvalue weighted by Gasteiger charge is -2.31. The lowest BCUT2D eigenvalue weighted by molar-refractivity contribution is -0.126. The van der Waals surface area contributed by atoms with E-state index in [1.807, 2.05) is 31.2 Å². The Morgan fingerprint density at radius 1 is 1.19 bits per heavy atom. The Morgan fingerprint density at radius 2 is 1.94 bits per heavy atom. The average Bonchev–Trinajstić information content (AvgIpc) is 3.06. The summed E-state index contributed by atoms with van der Waals surface area (Å²) in [5, 5.41) is 2.92. The fourth-order valence-corrected chi connectivity index (χ4v) is 5.38. The van der Waals surface area contributed by atoms with Crippen molar-refractivity contribution in [3.05, 3.63) is 64.1 Å². The van der Waals surface area contributed by atoms with E-state index in [-0.39, 0.29) is 22.9 Å². The smallest absolute Gasteiger partial charge is 0.408 e. The molecular formula is C22H25N3O5S. The topological polar surface area (TPSA) is 102 Å². The second kappa shape index (κ2) is 8.32. The van der Waals surface area contributed by atoms with E-state index in [1.165, 1.54) is 21.0 Å². The van der Waals surface area contributed by atoms with E-state index < -0.39 is 21.7 Å². The molecule has 0 unspecified atom stereocenters. The first-order valence-electron chi connectivity index (χ1n) is 10.2. The van der Waals surface area contributed by atoms with Gasteiger partial charge >= 0.3 is 5.76 Å². The molecule has 1 amide bonds. The summed E-state index contributed by atoms with van der Waals surface area (Å²) >= 11 is 0. The third kappa shape index (κ3) is 4.28. The predicted molar refractivity (Wildman–Crippen MR) is 116 cm³/mol. The molecule has 2 aromatic carbocycles. The molecule has 0 aliphatic carbocycles. The van der Waals surface area contributed by atoms with Gasteiger partial charge in [0.2, 0.25) is 15.9 Å². The summed E-state index contributed by atoms with van der Waals surface area (Å²) in [5.41, 5.74) is 2.89. The van der Waals surface area contributed by atoms with Gasteiger partial charge in [-0.25, -0.2) is 13.2 Å². The van der Waals surface area contributed by atoms with Crippen molar-refractivity contribution in [2.75, 3.05) is 13.1 Å². The number of benzene rings is 2. The number of hydrogen-bond donors (Lipinski definition) is 1. The summed E-state index contributed by atoms with van der Waals surface area (Å²) in [5.74, 6) is -1.11. The first-order valence-corrected chi connectivity index (χ1v) is 11.6. The largest absolute Gasteiger partial charge is 0.419 e. The van der Waals surface area contributed by atoms with Crippen LogP contribution in [0.25, 0.3) is 11.1 Å². The van der Waals surface area contributed by atoms with Crippen molar-refractivity contribution in [2.24, 2.45) is 13.0 Å². The maximum absolute atomic E-state index is 13.2. The van der Waals surface area contributed by atoms with Gasteiger partial charge in [0.25, 0.3) is 0 Å².